The molecule has 0 aliphatic heterocycles. The Bertz CT molecular complexity index is 510. The normalized spacial score (nSPS) is 10.7. The third-order valence-electron chi connectivity index (χ3n) is 1.79. The van der Waals surface area contributed by atoms with E-state index in [-0.39, 0.29) is 11.7 Å². The molecule has 0 spiro atoms. The first kappa shape index (κ1) is 9.70. The standard InChI is InChI=1S/C9H5F3N2O/c1-4-13-9(15-14-4)7-5(10)2-3-6(11)8(7)12/h2-3H,1H3. The first-order valence-electron chi connectivity index (χ1n) is 4.04. The van der Waals surface area contributed by atoms with Gasteiger partial charge in [-0.3, -0.25) is 0 Å². The summed E-state index contributed by atoms with van der Waals surface area (Å²) in [6.07, 6.45) is 0. The Morgan fingerprint density at radius 2 is 1.80 bits per heavy atom. The van der Waals surface area contributed by atoms with Crippen LogP contribution in [0.15, 0.2) is 16.7 Å². The lowest BCUT2D eigenvalue weighted by Crippen LogP contribution is -1.94. The van der Waals surface area contributed by atoms with Crippen LogP contribution in [0.25, 0.3) is 11.5 Å². The summed E-state index contributed by atoms with van der Waals surface area (Å²) in [4.78, 5) is 3.62. The number of rotatable bonds is 1. The van der Waals surface area contributed by atoms with Crippen molar-refractivity contribution in [3.05, 3.63) is 35.4 Å². The van der Waals surface area contributed by atoms with Gasteiger partial charge in [0.2, 0.25) is 0 Å². The highest BCUT2D eigenvalue weighted by Crippen LogP contribution is 2.25. The van der Waals surface area contributed by atoms with Crippen molar-refractivity contribution in [1.82, 2.24) is 10.1 Å². The van der Waals surface area contributed by atoms with Crippen LogP contribution in [0.5, 0.6) is 0 Å². The van der Waals surface area contributed by atoms with Gasteiger partial charge in [-0.2, -0.15) is 4.98 Å². The predicted octanol–water partition coefficient (Wildman–Crippen LogP) is 2.46. The van der Waals surface area contributed by atoms with Crippen LogP contribution in [-0.2, 0) is 0 Å². The second-order valence-corrected chi connectivity index (χ2v) is 2.86. The molecule has 0 aliphatic rings. The summed E-state index contributed by atoms with van der Waals surface area (Å²) in [7, 11) is 0. The topological polar surface area (TPSA) is 38.9 Å². The van der Waals surface area contributed by atoms with E-state index in [1.165, 1.54) is 6.92 Å². The molecule has 15 heavy (non-hydrogen) atoms. The smallest absolute Gasteiger partial charge is 0.263 e. The van der Waals surface area contributed by atoms with Crippen molar-refractivity contribution in [3.8, 4) is 11.5 Å². The number of hydrogen-bond acceptors (Lipinski definition) is 3. The molecular formula is C9H5F3N2O. The van der Waals surface area contributed by atoms with E-state index in [9.17, 15) is 13.2 Å². The summed E-state index contributed by atoms with van der Waals surface area (Å²) >= 11 is 0. The summed E-state index contributed by atoms with van der Waals surface area (Å²) in [6.45, 7) is 1.49. The number of hydrogen-bond donors (Lipinski definition) is 0. The molecule has 0 N–H and O–H groups in total. The van der Waals surface area contributed by atoms with Crippen LogP contribution >= 0.6 is 0 Å². The van der Waals surface area contributed by atoms with Crippen LogP contribution < -0.4 is 0 Å². The predicted molar refractivity (Wildman–Crippen MR) is 44.3 cm³/mol. The molecule has 3 nitrogen and oxygen atoms in total. The van der Waals surface area contributed by atoms with E-state index in [1.54, 1.807) is 0 Å². The van der Waals surface area contributed by atoms with Gasteiger partial charge < -0.3 is 4.52 Å². The SMILES string of the molecule is Cc1noc(-c2c(F)ccc(F)c2F)n1. The summed E-state index contributed by atoms with van der Waals surface area (Å²) in [5.74, 6) is -3.60. The van der Waals surface area contributed by atoms with Crippen molar-refractivity contribution >= 4 is 0 Å². The van der Waals surface area contributed by atoms with Gasteiger partial charge in [-0.25, -0.2) is 13.2 Å². The molecule has 1 aromatic carbocycles. The number of benzene rings is 1. The minimum atomic E-state index is -1.33. The molecule has 2 aromatic rings. The average Bonchev–Trinajstić information content (AvgIpc) is 2.59. The van der Waals surface area contributed by atoms with Gasteiger partial charge >= 0.3 is 0 Å². The molecule has 1 heterocycles. The molecule has 0 aliphatic carbocycles. The monoisotopic (exact) mass is 214 g/mol. The van der Waals surface area contributed by atoms with Crippen LogP contribution in [0, 0.1) is 24.4 Å². The van der Waals surface area contributed by atoms with Gasteiger partial charge in [0.05, 0.1) is 0 Å². The van der Waals surface area contributed by atoms with E-state index in [4.69, 9.17) is 0 Å². The molecule has 2 rings (SSSR count). The molecule has 0 bridgehead atoms. The van der Waals surface area contributed by atoms with Gasteiger partial charge in [0.15, 0.2) is 17.5 Å². The van der Waals surface area contributed by atoms with E-state index in [1.807, 2.05) is 0 Å². The maximum atomic E-state index is 13.2. The molecule has 0 fully saturated rings. The Morgan fingerprint density at radius 1 is 1.13 bits per heavy atom. The van der Waals surface area contributed by atoms with E-state index < -0.39 is 23.0 Å². The highest BCUT2D eigenvalue weighted by molar-refractivity contribution is 5.54. The lowest BCUT2D eigenvalue weighted by molar-refractivity contribution is 0.416. The maximum absolute atomic E-state index is 13.2. The van der Waals surface area contributed by atoms with Crippen LogP contribution in [0.3, 0.4) is 0 Å². The Labute approximate surface area is 82.5 Å². The Kier molecular flexibility index (Phi) is 2.18. The van der Waals surface area contributed by atoms with Crippen LogP contribution in [-0.4, -0.2) is 10.1 Å². The molecule has 78 valence electrons. The number of aromatic nitrogens is 2. The average molecular weight is 214 g/mol. The fraction of sp³-hybridized carbons (Fsp3) is 0.111. The zero-order chi connectivity index (χ0) is 11.0. The molecule has 0 unspecified atom stereocenters. The zero-order valence-electron chi connectivity index (χ0n) is 7.59. The van der Waals surface area contributed by atoms with E-state index in [0.717, 1.165) is 6.07 Å². The lowest BCUT2D eigenvalue weighted by Gasteiger charge is -1.99. The maximum Gasteiger partial charge on any atom is 0.263 e. The van der Waals surface area contributed by atoms with Crippen molar-refractivity contribution < 1.29 is 17.7 Å². The highest BCUT2D eigenvalue weighted by Gasteiger charge is 2.20. The molecule has 0 saturated carbocycles. The lowest BCUT2D eigenvalue weighted by atomic mass is 10.2. The fourth-order valence-corrected chi connectivity index (χ4v) is 1.12. The Hall–Kier alpha value is -1.85. The Balaban J connectivity index is 2.66. The zero-order valence-corrected chi connectivity index (χ0v) is 7.59. The van der Waals surface area contributed by atoms with Crippen molar-refractivity contribution in [1.29, 1.82) is 0 Å². The summed E-state index contributed by atoms with van der Waals surface area (Å²) in [5, 5.41) is 3.36. The number of nitrogens with zero attached hydrogens (tertiary/aromatic N) is 2. The van der Waals surface area contributed by atoms with Crippen LogP contribution in [0.2, 0.25) is 0 Å². The van der Waals surface area contributed by atoms with E-state index >= 15 is 0 Å². The summed E-state index contributed by atoms with van der Waals surface area (Å²) < 4.78 is 43.8. The van der Waals surface area contributed by atoms with Crippen molar-refractivity contribution in [2.45, 2.75) is 6.92 Å². The van der Waals surface area contributed by atoms with Crippen LogP contribution in [0.4, 0.5) is 13.2 Å². The van der Waals surface area contributed by atoms with Gasteiger partial charge in [-0.15, -0.1) is 0 Å². The van der Waals surface area contributed by atoms with Crippen molar-refractivity contribution in [3.63, 3.8) is 0 Å². The first-order chi connectivity index (χ1) is 7.09. The third-order valence-corrected chi connectivity index (χ3v) is 1.79. The van der Waals surface area contributed by atoms with Gasteiger partial charge in [-0.1, -0.05) is 5.16 Å². The molecule has 0 saturated heterocycles. The molecule has 6 heteroatoms. The first-order valence-corrected chi connectivity index (χ1v) is 4.04. The van der Waals surface area contributed by atoms with Gasteiger partial charge in [-0.05, 0) is 19.1 Å². The molecule has 0 atom stereocenters. The van der Waals surface area contributed by atoms with Gasteiger partial charge in [0.25, 0.3) is 5.89 Å². The quantitative estimate of drug-likeness (QED) is 0.684. The minimum Gasteiger partial charge on any atom is -0.334 e. The second kappa shape index (κ2) is 3.38. The van der Waals surface area contributed by atoms with Gasteiger partial charge in [0, 0.05) is 0 Å². The van der Waals surface area contributed by atoms with Crippen molar-refractivity contribution in [2.24, 2.45) is 0 Å². The van der Waals surface area contributed by atoms with E-state index in [0.29, 0.717) is 6.07 Å². The molecule has 0 radical (unpaired) electrons. The van der Waals surface area contributed by atoms with E-state index in [2.05, 4.69) is 14.7 Å². The summed E-state index contributed by atoms with van der Waals surface area (Å²) in [5.41, 5.74) is -0.643. The largest absolute Gasteiger partial charge is 0.334 e. The highest BCUT2D eigenvalue weighted by atomic mass is 19.2. The fourth-order valence-electron chi connectivity index (χ4n) is 1.12. The van der Waals surface area contributed by atoms with Crippen LogP contribution in [0.1, 0.15) is 5.82 Å². The number of halogens is 3. The van der Waals surface area contributed by atoms with Crippen molar-refractivity contribution in [2.75, 3.05) is 0 Å². The Morgan fingerprint density at radius 3 is 2.40 bits per heavy atom. The molecular weight excluding hydrogens is 209 g/mol. The minimum absolute atomic E-state index is 0.216. The third kappa shape index (κ3) is 1.58. The second-order valence-electron chi connectivity index (χ2n) is 2.86. The summed E-state index contributed by atoms with van der Waals surface area (Å²) in [6, 6.07) is 1.49. The number of aryl methyl sites for hydroxylation is 1. The van der Waals surface area contributed by atoms with Gasteiger partial charge in [0.1, 0.15) is 11.4 Å². The molecule has 1 aromatic heterocycles. The molecule has 0 amide bonds.